The third-order valence-corrected chi connectivity index (χ3v) is 3.14. The zero-order valence-electron chi connectivity index (χ0n) is 8.77. The van der Waals surface area contributed by atoms with Crippen LogP contribution < -0.4 is 0 Å². The smallest absolute Gasteiger partial charge is 0.194 e. The van der Waals surface area contributed by atoms with Gasteiger partial charge in [0.2, 0.25) is 0 Å². The molecule has 2 heterocycles. The fourth-order valence-electron chi connectivity index (χ4n) is 2.38. The lowest BCUT2D eigenvalue weighted by Gasteiger charge is -2.13. The summed E-state index contributed by atoms with van der Waals surface area (Å²) in [6, 6.07) is 9.31. The summed E-state index contributed by atoms with van der Waals surface area (Å²) in [6.45, 7) is 0. The molecule has 0 radical (unpaired) electrons. The maximum absolute atomic E-state index is 12.3. The number of aromatic nitrogens is 3. The van der Waals surface area contributed by atoms with Crippen LogP contribution in [0.4, 0.5) is 0 Å². The summed E-state index contributed by atoms with van der Waals surface area (Å²) in [5, 5.41) is 7.93. The van der Waals surface area contributed by atoms with Crippen molar-refractivity contribution < 1.29 is 4.79 Å². The molecular weight excluding hydrogens is 214 g/mol. The van der Waals surface area contributed by atoms with Gasteiger partial charge in [-0.05, 0) is 6.07 Å². The Balaban J connectivity index is 2.27. The Bertz CT molecular complexity index is 773. The van der Waals surface area contributed by atoms with Crippen LogP contribution >= 0.6 is 0 Å². The van der Waals surface area contributed by atoms with Gasteiger partial charge in [-0.2, -0.15) is 5.10 Å². The monoisotopic (exact) mass is 221 g/mol. The molecule has 3 aromatic rings. The van der Waals surface area contributed by atoms with Crippen LogP contribution in [0.1, 0.15) is 15.9 Å². The van der Waals surface area contributed by atoms with Gasteiger partial charge in [-0.1, -0.05) is 24.3 Å². The summed E-state index contributed by atoms with van der Waals surface area (Å²) < 4.78 is 0. The average Bonchev–Trinajstić information content (AvgIpc) is 2.81. The van der Waals surface area contributed by atoms with Crippen molar-refractivity contribution in [2.75, 3.05) is 0 Å². The first-order valence-electron chi connectivity index (χ1n) is 5.33. The first-order valence-corrected chi connectivity index (χ1v) is 5.33. The highest BCUT2D eigenvalue weighted by Gasteiger charge is 2.26. The van der Waals surface area contributed by atoms with Gasteiger partial charge >= 0.3 is 0 Å². The highest BCUT2D eigenvalue weighted by molar-refractivity contribution is 6.24. The van der Waals surface area contributed by atoms with Crippen molar-refractivity contribution in [3.8, 4) is 11.3 Å². The van der Waals surface area contributed by atoms with Gasteiger partial charge < -0.3 is 0 Å². The fraction of sp³-hybridized carbons (Fsp3) is 0. The molecule has 17 heavy (non-hydrogen) atoms. The van der Waals surface area contributed by atoms with E-state index in [4.69, 9.17) is 0 Å². The first kappa shape index (κ1) is 8.64. The predicted octanol–water partition coefficient (Wildman–Crippen LogP) is 2.17. The number of hydrogen-bond donors (Lipinski definition) is 1. The van der Waals surface area contributed by atoms with Crippen molar-refractivity contribution in [1.82, 2.24) is 15.2 Å². The molecule has 0 aliphatic heterocycles. The van der Waals surface area contributed by atoms with Crippen molar-refractivity contribution in [3.05, 3.63) is 47.7 Å². The number of aromatic amines is 1. The van der Waals surface area contributed by atoms with Gasteiger partial charge in [0.15, 0.2) is 11.4 Å². The number of carbonyl (C=O) groups is 1. The Morgan fingerprint density at radius 3 is 2.71 bits per heavy atom. The minimum Gasteiger partial charge on any atom is -0.289 e. The number of nitrogens with one attached hydrogen (secondary N) is 1. The first-order chi connectivity index (χ1) is 8.36. The second-order valence-electron chi connectivity index (χ2n) is 4.03. The predicted molar refractivity (Wildman–Crippen MR) is 62.8 cm³/mol. The largest absolute Gasteiger partial charge is 0.289 e. The number of fused-ring (bicyclic) bond motifs is 2. The molecule has 4 rings (SSSR count). The van der Waals surface area contributed by atoms with E-state index in [0.29, 0.717) is 11.2 Å². The van der Waals surface area contributed by atoms with Gasteiger partial charge in [-0.25, -0.2) is 4.98 Å². The average molecular weight is 221 g/mol. The zero-order valence-corrected chi connectivity index (χ0v) is 8.77. The minimum absolute atomic E-state index is 0.0434. The molecule has 0 spiro atoms. The molecule has 4 heteroatoms. The molecule has 0 bridgehead atoms. The highest BCUT2D eigenvalue weighted by atomic mass is 16.1. The van der Waals surface area contributed by atoms with Crippen molar-refractivity contribution in [2.24, 2.45) is 0 Å². The summed E-state index contributed by atoms with van der Waals surface area (Å²) in [5.74, 6) is 0.0434. The van der Waals surface area contributed by atoms with E-state index in [2.05, 4.69) is 15.2 Å². The van der Waals surface area contributed by atoms with Crippen molar-refractivity contribution in [2.45, 2.75) is 0 Å². The van der Waals surface area contributed by atoms with Crippen LogP contribution in [0.25, 0.3) is 22.3 Å². The number of hydrogen-bond acceptors (Lipinski definition) is 3. The zero-order chi connectivity index (χ0) is 11.4. The second kappa shape index (κ2) is 2.79. The van der Waals surface area contributed by atoms with Crippen molar-refractivity contribution >= 4 is 16.8 Å². The van der Waals surface area contributed by atoms with E-state index in [9.17, 15) is 4.79 Å². The van der Waals surface area contributed by atoms with E-state index in [0.717, 1.165) is 22.2 Å². The van der Waals surface area contributed by atoms with Crippen LogP contribution in [0.5, 0.6) is 0 Å². The third-order valence-electron chi connectivity index (χ3n) is 3.14. The highest BCUT2D eigenvalue weighted by Crippen LogP contribution is 2.36. The Hall–Kier alpha value is -2.49. The summed E-state index contributed by atoms with van der Waals surface area (Å²) in [5.41, 5.74) is 3.79. The van der Waals surface area contributed by atoms with E-state index < -0.39 is 0 Å². The summed E-state index contributed by atoms with van der Waals surface area (Å²) in [7, 11) is 0. The Kier molecular flexibility index (Phi) is 1.42. The van der Waals surface area contributed by atoms with Crippen LogP contribution in [0.3, 0.4) is 0 Å². The molecule has 0 saturated carbocycles. The quantitative estimate of drug-likeness (QED) is 0.495. The molecule has 80 valence electrons. The fourth-order valence-corrected chi connectivity index (χ4v) is 2.38. The van der Waals surface area contributed by atoms with E-state index in [1.165, 1.54) is 0 Å². The van der Waals surface area contributed by atoms with E-state index in [1.54, 1.807) is 12.3 Å². The molecule has 4 nitrogen and oxygen atoms in total. The molecule has 1 aliphatic carbocycles. The Morgan fingerprint density at radius 2 is 1.82 bits per heavy atom. The molecule has 1 aliphatic rings. The third kappa shape index (κ3) is 0.945. The number of carbonyl (C=O) groups excluding carboxylic acids is 1. The van der Waals surface area contributed by atoms with E-state index >= 15 is 0 Å². The molecule has 0 saturated heterocycles. The van der Waals surface area contributed by atoms with Gasteiger partial charge in [0.05, 0.1) is 11.1 Å². The molecule has 1 aromatic carbocycles. The number of pyridine rings is 1. The van der Waals surface area contributed by atoms with Crippen LogP contribution in [0.15, 0.2) is 36.5 Å². The minimum atomic E-state index is 0.0434. The van der Waals surface area contributed by atoms with Crippen LogP contribution in [-0.2, 0) is 0 Å². The number of H-pyrrole nitrogens is 1. The van der Waals surface area contributed by atoms with Gasteiger partial charge in [-0.3, -0.25) is 9.89 Å². The van der Waals surface area contributed by atoms with E-state index in [1.807, 2.05) is 24.3 Å². The number of benzene rings is 1. The lowest BCUT2D eigenvalue weighted by Crippen LogP contribution is -2.08. The molecule has 0 fully saturated rings. The molecule has 0 amide bonds. The topological polar surface area (TPSA) is 58.6 Å². The Labute approximate surface area is 96.3 Å². The van der Waals surface area contributed by atoms with Crippen molar-refractivity contribution in [3.63, 3.8) is 0 Å². The molecule has 0 atom stereocenters. The van der Waals surface area contributed by atoms with Gasteiger partial charge in [0, 0.05) is 22.9 Å². The van der Waals surface area contributed by atoms with Crippen molar-refractivity contribution in [1.29, 1.82) is 0 Å². The number of ketones is 1. The van der Waals surface area contributed by atoms with Crippen LogP contribution in [0, 0.1) is 0 Å². The SMILES string of the molecule is O=C1c2ccccc2-c2[nH]nc3nccc1c23. The van der Waals surface area contributed by atoms with Crippen LogP contribution in [0.2, 0.25) is 0 Å². The maximum Gasteiger partial charge on any atom is 0.194 e. The Morgan fingerprint density at radius 1 is 1.00 bits per heavy atom. The lowest BCUT2D eigenvalue weighted by molar-refractivity contribution is 0.104. The second-order valence-corrected chi connectivity index (χ2v) is 4.03. The maximum atomic E-state index is 12.3. The van der Waals surface area contributed by atoms with Gasteiger partial charge in [0.1, 0.15) is 0 Å². The summed E-state index contributed by atoms with van der Waals surface area (Å²) >= 11 is 0. The van der Waals surface area contributed by atoms with E-state index in [-0.39, 0.29) is 5.78 Å². The normalized spacial score (nSPS) is 12.8. The lowest BCUT2D eigenvalue weighted by atomic mass is 9.89. The number of rotatable bonds is 0. The molecule has 0 unspecified atom stereocenters. The summed E-state index contributed by atoms with van der Waals surface area (Å²) in [4.78, 5) is 16.5. The molecular formula is C13H7N3O. The van der Waals surface area contributed by atoms with Crippen LogP contribution in [-0.4, -0.2) is 21.0 Å². The standard InChI is InChI=1S/C13H7N3O/c17-12-8-4-2-1-3-7(8)11-10-9(12)5-6-14-13(10)16-15-11/h1-6H,(H,14,15,16). The van der Waals surface area contributed by atoms with Gasteiger partial charge in [-0.15, -0.1) is 0 Å². The number of nitrogens with zero attached hydrogens (tertiary/aromatic N) is 2. The molecule has 2 aromatic heterocycles. The molecule has 1 N–H and O–H groups in total. The summed E-state index contributed by atoms with van der Waals surface area (Å²) in [6.07, 6.45) is 1.62. The van der Waals surface area contributed by atoms with Gasteiger partial charge in [0.25, 0.3) is 0 Å².